The molecule has 2 rings (SSSR count). The number of nitrogens with one attached hydrogen (secondary N) is 1. The second kappa shape index (κ2) is 5.16. The largest absolute Gasteiger partial charge is 0.491 e. The van der Waals surface area contributed by atoms with Gasteiger partial charge in [0.2, 0.25) is 0 Å². The van der Waals surface area contributed by atoms with Crippen LogP contribution in [0.5, 0.6) is 11.6 Å². The molecule has 0 saturated carbocycles. The van der Waals surface area contributed by atoms with E-state index in [0.29, 0.717) is 17.7 Å². The van der Waals surface area contributed by atoms with Crippen molar-refractivity contribution in [3.05, 3.63) is 17.8 Å². The summed E-state index contributed by atoms with van der Waals surface area (Å²) in [5, 5.41) is 3.47. The lowest BCUT2D eigenvalue weighted by Crippen LogP contribution is -2.27. The molecule has 0 bridgehead atoms. The summed E-state index contributed by atoms with van der Waals surface area (Å²) in [5.41, 5.74) is 1.04. The minimum atomic E-state index is 0.355. The van der Waals surface area contributed by atoms with Crippen molar-refractivity contribution in [1.82, 2.24) is 10.3 Å². The first kappa shape index (κ1) is 11.2. The summed E-state index contributed by atoms with van der Waals surface area (Å²) in [7, 11) is 3.24. The molecule has 0 aromatic carbocycles. The van der Waals surface area contributed by atoms with E-state index in [9.17, 15) is 0 Å². The van der Waals surface area contributed by atoms with Crippen molar-refractivity contribution in [2.45, 2.75) is 25.3 Å². The Morgan fingerprint density at radius 1 is 1.25 bits per heavy atom. The van der Waals surface area contributed by atoms with Gasteiger partial charge in [0.25, 0.3) is 5.88 Å². The van der Waals surface area contributed by atoms with Crippen molar-refractivity contribution in [3.8, 4) is 11.6 Å². The van der Waals surface area contributed by atoms with Gasteiger partial charge in [0.05, 0.1) is 19.9 Å². The zero-order chi connectivity index (χ0) is 11.4. The Morgan fingerprint density at radius 3 is 2.75 bits per heavy atom. The van der Waals surface area contributed by atoms with Crippen molar-refractivity contribution in [3.63, 3.8) is 0 Å². The smallest absolute Gasteiger partial charge is 0.257 e. The Labute approximate surface area is 96.0 Å². The maximum Gasteiger partial charge on any atom is 0.257 e. The number of hydrogen-bond donors (Lipinski definition) is 1. The highest BCUT2D eigenvalue weighted by Gasteiger charge is 2.17. The van der Waals surface area contributed by atoms with Crippen LogP contribution in [-0.4, -0.2) is 25.7 Å². The van der Waals surface area contributed by atoms with E-state index in [1.807, 2.05) is 12.1 Å². The number of piperidine rings is 1. The normalized spacial score (nSPS) is 20.5. The Bertz CT molecular complexity index is 349. The van der Waals surface area contributed by atoms with Gasteiger partial charge in [0.1, 0.15) is 0 Å². The van der Waals surface area contributed by atoms with E-state index in [-0.39, 0.29) is 0 Å². The van der Waals surface area contributed by atoms with Crippen LogP contribution in [0.2, 0.25) is 0 Å². The zero-order valence-corrected chi connectivity index (χ0v) is 9.82. The third-order valence-corrected chi connectivity index (χ3v) is 2.93. The molecule has 1 N–H and O–H groups in total. The molecule has 4 nitrogen and oxygen atoms in total. The number of hydrogen-bond acceptors (Lipinski definition) is 4. The molecule has 1 fully saturated rings. The molecule has 1 atom stereocenters. The van der Waals surface area contributed by atoms with Crippen LogP contribution in [0.4, 0.5) is 0 Å². The average molecular weight is 222 g/mol. The maximum absolute atomic E-state index is 5.20. The van der Waals surface area contributed by atoms with E-state index in [1.165, 1.54) is 12.8 Å². The van der Waals surface area contributed by atoms with E-state index in [1.54, 1.807) is 14.2 Å². The Morgan fingerprint density at radius 2 is 2.12 bits per heavy atom. The molecule has 1 aromatic rings. The molecule has 88 valence electrons. The summed E-state index contributed by atoms with van der Waals surface area (Å²) in [6.07, 6.45) is 3.65. The topological polar surface area (TPSA) is 43.4 Å². The minimum absolute atomic E-state index is 0.355. The molecule has 16 heavy (non-hydrogen) atoms. The summed E-state index contributed by atoms with van der Waals surface area (Å²) in [4.78, 5) is 4.48. The van der Waals surface area contributed by atoms with Gasteiger partial charge in [-0.25, -0.2) is 4.98 Å². The second-order valence-electron chi connectivity index (χ2n) is 3.95. The SMILES string of the molecule is COc1ccc(C2CCCCN2)nc1OC. The van der Waals surface area contributed by atoms with E-state index in [2.05, 4.69) is 10.3 Å². The molecule has 1 aliphatic heterocycles. The van der Waals surface area contributed by atoms with Crippen molar-refractivity contribution in [2.24, 2.45) is 0 Å². The standard InChI is InChI=1S/C12H18N2O2/c1-15-11-7-6-10(14-12(11)16-2)9-5-3-4-8-13-9/h6-7,9,13H,3-5,8H2,1-2H3. The third kappa shape index (κ3) is 2.27. The van der Waals surface area contributed by atoms with E-state index < -0.39 is 0 Å². The summed E-state index contributed by atoms with van der Waals surface area (Å²) in [5.74, 6) is 1.24. The quantitative estimate of drug-likeness (QED) is 0.848. The first-order chi connectivity index (χ1) is 7.85. The summed E-state index contributed by atoms with van der Waals surface area (Å²) in [6.45, 7) is 1.07. The van der Waals surface area contributed by atoms with Crippen LogP contribution in [0, 0.1) is 0 Å². The number of methoxy groups -OCH3 is 2. The number of rotatable bonds is 3. The summed E-state index contributed by atoms with van der Waals surface area (Å²) >= 11 is 0. The van der Waals surface area contributed by atoms with Crippen LogP contribution in [0.25, 0.3) is 0 Å². The fraction of sp³-hybridized carbons (Fsp3) is 0.583. The van der Waals surface area contributed by atoms with Crippen molar-refractivity contribution in [2.75, 3.05) is 20.8 Å². The summed E-state index contributed by atoms with van der Waals surface area (Å²) < 4.78 is 10.4. The van der Waals surface area contributed by atoms with Crippen LogP contribution in [0.15, 0.2) is 12.1 Å². The predicted octanol–water partition coefficient (Wildman–Crippen LogP) is 1.91. The molecule has 1 aliphatic rings. The highest BCUT2D eigenvalue weighted by atomic mass is 16.5. The molecule has 4 heteroatoms. The van der Waals surface area contributed by atoms with E-state index in [0.717, 1.165) is 18.7 Å². The van der Waals surface area contributed by atoms with Gasteiger partial charge in [0, 0.05) is 6.04 Å². The lowest BCUT2D eigenvalue weighted by atomic mass is 10.0. The van der Waals surface area contributed by atoms with Crippen LogP contribution in [0.3, 0.4) is 0 Å². The molecule has 0 amide bonds. The molecular weight excluding hydrogens is 204 g/mol. The highest BCUT2D eigenvalue weighted by molar-refractivity contribution is 5.35. The third-order valence-electron chi connectivity index (χ3n) is 2.93. The van der Waals surface area contributed by atoms with Gasteiger partial charge in [-0.2, -0.15) is 0 Å². The maximum atomic E-state index is 5.20. The molecule has 1 saturated heterocycles. The van der Waals surface area contributed by atoms with Gasteiger partial charge in [-0.3, -0.25) is 0 Å². The van der Waals surface area contributed by atoms with E-state index in [4.69, 9.17) is 9.47 Å². The Balaban J connectivity index is 2.20. The lowest BCUT2D eigenvalue weighted by Gasteiger charge is -2.23. The van der Waals surface area contributed by atoms with Gasteiger partial charge in [0.15, 0.2) is 5.75 Å². The molecule has 2 heterocycles. The molecule has 1 aromatic heterocycles. The zero-order valence-electron chi connectivity index (χ0n) is 9.82. The van der Waals surface area contributed by atoms with Crippen LogP contribution in [0.1, 0.15) is 31.0 Å². The average Bonchev–Trinajstić information content (AvgIpc) is 2.39. The first-order valence-corrected chi connectivity index (χ1v) is 5.67. The van der Waals surface area contributed by atoms with Crippen molar-refractivity contribution in [1.29, 1.82) is 0 Å². The fourth-order valence-electron chi connectivity index (χ4n) is 2.04. The van der Waals surface area contributed by atoms with E-state index >= 15 is 0 Å². The molecular formula is C12H18N2O2. The van der Waals surface area contributed by atoms with Gasteiger partial charge in [-0.1, -0.05) is 6.42 Å². The molecule has 0 radical (unpaired) electrons. The Kier molecular flexibility index (Phi) is 3.62. The number of ether oxygens (including phenoxy) is 2. The number of pyridine rings is 1. The van der Waals surface area contributed by atoms with Crippen LogP contribution in [-0.2, 0) is 0 Å². The summed E-state index contributed by atoms with van der Waals surface area (Å²) in [6, 6.07) is 4.27. The van der Waals surface area contributed by atoms with Gasteiger partial charge in [-0.15, -0.1) is 0 Å². The number of nitrogens with zero attached hydrogens (tertiary/aromatic N) is 1. The van der Waals surface area contributed by atoms with Gasteiger partial charge < -0.3 is 14.8 Å². The molecule has 0 spiro atoms. The van der Waals surface area contributed by atoms with Gasteiger partial charge in [-0.05, 0) is 31.5 Å². The fourth-order valence-corrected chi connectivity index (χ4v) is 2.04. The monoisotopic (exact) mass is 222 g/mol. The lowest BCUT2D eigenvalue weighted by molar-refractivity contribution is 0.336. The predicted molar refractivity (Wildman–Crippen MR) is 61.9 cm³/mol. The van der Waals surface area contributed by atoms with Crippen LogP contribution >= 0.6 is 0 Å². The van der Waals surface area contributed by atoms with Crippen LogP contribution < -0.4 is 14.8 Å². The first-order valence-electron chi connectivity index (χ1n) is 5.67. The molecule has 0 aliphatic carbocycles. The second-order valence-corrected chi connectivity index (χ2v) is 3.95. The van der Waals surface area contributed by atoms with Crippen molar-refractivity contribution >= 4 is 0 Å². The minimum Gasteiger partial charge on any atom is -0.491 e. The molecule has 1 unspecified atom stereocenters. The van der Waals surface area contributed by atoms with Gasteiger partial charge >= 0.3 is 0 Å². The van der Waals surface area contributed by atoms with Crippen molar-refractivity contribution < 1.29 is 9.47 Å². The Hall–Kier alpha value is -1.29. The number of aromatic nitrogens is 1. The highest BCUT2D eigenvalue weighted by Crippen LogP contribution is 2.28.